The van der Waals surface area contributed by atoms with Crippen LogP contribution in [-0.4, -0.2) is 48.1 Å². The molecule has 1 aliphatic carbocycles. The molecule has 0 bridgehead atoms. The molecular weight excluding hydrogens is 366 g/mol. The summed E-state index contributed by atoms with van der Waals surface area (Å²) < 4.78 is 5.33. The van der Waals surface area contributed by atoms with Crippen LogP contribution in [0.25, 0.3) is 0 Å². The van der Waals surface area contributed by atoms with Gasteiger partial charge in [0.15, 0.2) is 0 Å². The topological polar surface area (TPSA) is 62.2 Å². The van der Waals surface area contributed by atoms with Gasteiger partial charge in [0.25, 0.3) is 5.91 Å². The number of hydrogen-bond donors (Lipinski definition) is 0. The van der Waals surface area contributed by atoms with Crippen LogP contribution in [0.4, 0.5) is 0 Å². The molecule has 4 rings (SSSR count). The zero-order chi connectivity index (χ0) is 20.4. The van der Waals surface area contributed by atoms with E-state index in [0.717, 1.165) is 35.4 Å². The smallest absolute Gasteiger partial charge is 0.262 e. The minimum Gasteiger partial charge on any atom is -0.497 e. The first-order valence-electron chi connectivity index (χ1n) is 9.90. The molecule has 0 aromatic heterocycles. The summed E-state index contributed by atoms with van der Waals surface area (Å²) in [5, 5.41) is 6.21. The van der Waals surface area contributed by atoms with Crippen molar-refractivity contribution < 1.29 is 14.3 Å². The van der Waals surface area contributed by atoms with Crippen LogP contribution in [0.15, 0.2) is 59.7 Å². The summed E-state index contributed by atoms with van der Waals surface area (Å²) in [6, 6.07) is 17.4. The Bertz CT molecular complexity index is 937. The van der Waals surface area contributed by atoms with Gasteiger partial charge in [-0.2, -0.15) is 5.10 Å². The van der Waals surface area contributed by atoms with Gasteiger partial charge in [0.2, 0.25) is 5.91 Å². The second kappa shape index (κ2) is 8.07. The van der Waals surface area contributed by atoms with Gasteiger partial charge >= 0.3 is 0 Å². The van der Waals surface area contributed by atoms with Crippen molar-refractivity contribution in [2.45, 2.75) is 25.3 Å². The van der Waals surface area contributed by atoms with Crippen molar-refractivity contribution in [1.29, 1.82) is 0 Å². The molecule has 2 aromatic carbocycles. The monoisotopic (exact) mass is 391 g/mol. The third kappa shape index (κ3) is 4.16. The standard InChI is InChI=1S/C23H25N3O3/c1-25(23(28)17-11-12-17)15-22(27)26-21(16-7-4-3-5-8-16)14-20(24-26)18-9-6-10-19(13-18)29-2/h3-10,13,17,21H,11-12,14-15H2,1-2H3/t21-/m1/s1. The number of carbonyl (C=O) groups excluding carboxylic acids is 2. The fourth-order valence-electron chi connectivity index (χ4n) is 3.65. The molecule has 2 aliphatic rings. The Morgan fingerprint density at radius 2 is 1.90 bits per heavy atom. The van der Waals surface area contributed by atoms with Gasteiger partial charge in [-0.3, -0.25) is 9.59 Å². The molecule has 2 amide bonds. The molecule has 150 valence electrons. The van der Waals surface area contributed by atoms with Crippen molar-refractivity contribution in [2.75, 3.05) is 20.7 Å². The average molecular weight is 391 g/mol. The fraction of sp³-hybridized carbons (Fsp3) is 0.348. The number of methoxy groups -OCH3 is 1. The van der Waals surface area contributed by atoms with E-state index >= 15 is 0 Å². The third-order valence-electron chi connectivity index (χ3n) is 5.43. The molecule has 1 heterocycles. The minimum atomic E-state index is -0.186. The summed E-state index contributed by atoms with van der Waals surface area (Å²) in [5.74, 6) is 0.715. The van der Waals surface area contributed by atoms with Crippen molar-refractivity contribution in [1.82, 2.24) is 9.91 Å². The van der Waals surface area contributed by atoms with Crippen LogP contribution in [0.1, 0.15) is 36.4 Å². The van der Waals surface area contributed by atoms with Crippen molar-refractivity contribution in [3.05, 3.63) is 65.7 Å². The van der Waals surface area contributed by atoms with E-state index in [-0.39, 0.29) is 30.3 Å². The van der Waals surface area contributed by atoms with Crippen LogP contribution in [0.5, 0.6) is 5.75 Å². The van der Waals surface area contributed by atoms with Gasteiger partial charge in [0.1, 0.15) is 12.3 Å². The quantitative estimate of drug-likeness (QED) is 0.759. The lowest BCUT2D eigenvalue weighted by Crippen LogP contribution is -2.39. The van der Waals surface area contributed by atoms with Crippen LogP contribution >= 0.6 is 0 Å². The number of hydrazone groups is 1. The first kappa shape index (κ1) is 19.2. The zero-order valence-electron chi connectivity index (χ0n) is 16.7. The Labute approximate surface area is 170 Å². The summed E-state index contributed by atoms with van der Waals surface area (Å²) in [7, 11) is 3.32. The van der Waals surface area contributed by atoms with E-state index < -0.39 is 0 Å². The number of hydrogen-bond acceptors (Lipinski definition) is 4. The number of carbonyl (C=O) groups is 2. The summed E-state index contributed by atoms with van der Waals surface area (Å²) in [4.78, 5) is 26.9. The highest BCUT2D eigenvalue weighted by atomic mass is 16.5. The predicted molar refractivity (Wildman–Crippen MR) is 111 cm³/mol. The van der Waals surface area contributed by atoms with Crippen molar-refractivity contribution in [2.24, 2.45) is 11.0 Å². The van der Waals surface area contributed by atoms with Gasteiger partial charge in [-0.15, -0.1) is 0 Å². The average Bonchev–Trinajstić information content (AvgIpc) is 3.51. The lowest BCUT2D eigenvalue weighted by molar-refractivity contribution is -0.141. The van der Waals surface area contributed by atoms with Crippen LogP contribution < -0.4 is 4.74 Å². The second-order valence-electron chi connectivity index (χ2n) is 7.62. The van der Waals surface area contributed by atoms with Crippen molar-refractivity contribution in [3.8, 4) is 5.75 Å². The normalized spacial score (nSPS) is 18.3. The highest BCUT2D eigenvalue weighted by Gasteiger charge is 2.36. The van der Waals surface area contributed by atoms with Gasteiger partial charge < -0.3 is 9.64 Å². The van der Waals surface area contributed by atoms with Gasteiger partial charge in [-0.25, -0.2) is 5.01 Å². The maximum absolute atomic E-state index is 13.1. The first-order chi connectivity index (χ1) is 14.1. The number of likely N-dealkylation sites (N-methyl/N-ethyl adjacent to an activating group) is 1. The second-order valence-corrected chi connectivity index (χ2v) is 7.62. The number of ether oxygens (including phenoxy) is 1. The van der Waals surface area contributed by atoms with Gasteiger partial charge in [-0.1, -0.05) is 42.5 Å². The molecule has 29 heavy (non-hydrogen) atoms. The molecule has 2 aromatic rings. The Hall–Kier alpha value is -3.15. The van der Waals surface area contributed by atoms with E-state index in [0.29, 0.717) is 6.42 Å². The molecule has 1 saturated carbocycles. The summed E-state index contributed by atoms with van der Waals surface area (Å²) in [5.41, 5.74) is 2.80. The van der Waals surface area contributed by atoms with Crippen LogP contribution in [0.3, 0.4) is 0 Å². The fourth-order valence-corrected chi connectivity index (χ4v) is 3.65. The third-order valence-corrected chi connectivity index (χ3v) is 5.43. The maximum Gasteiger partial charge on any atom is 0.262 e. The molecule has 1 atom stereocenters. The van der Waals surface area contributed by atoms with Crippen LogP contribution in [0, 0.1) is 5.92 Å². The largest absolute Gasteiger partial charge is 0.497 e. The number of benzene rings is 2. The van der Waals surface area contributed by atoms with E-state index in [2.05, 4.69) is 5.10 Å². The van der Waals surface area contributed by atoms with E-state index in [1.165, 1.54) is 4.90 Å². The molecular formula is C23H25N3O3. The molecule has 0 spiro atoms. The lowest BCUT2D eigenvalue weighted by Gasteiger charge is -2.25. The summed E-state index contributed by atoms with van der Waals surface area (Å²) in [6.07, 6.45) is 2.46. The molecule has 0 saturated heterocycles. The van der Waals surface area contributed by atoms with Gasteiger partial charge in [0.05, 0.1) is 18.9 Å². The summed E-state index contributed by atoms with van der Waals surface area (Å²) >= 11 is 0. The molecule has 6 heteroatoms. The Morgan fingerprint density at radius 3 is 2.59 bits per heavy atom. The van der Waals surface area contributed by atoms with E-state index in [1.807, 2.05) is 54.6 Å². The number of nitrogens with zero attached hydrogens (tertiary/aromatic N) is 3. The Kier molecular flexibility index (Phi) is 5.34. The Balaban J connectivity index is 1.59. The molecule has 0 unspecified atom stereocenters. The van der Waals surface area contributed by atoms with Crippen molar-refractivity contribution in [3.63, 3.8) is 0 Å². The molecule has 1 aliphatic heterocycles. The molecule has 1 fully saturated rings. The number of rotatable bonds is 6. The maximum atomic E-state index is 13.1. The molecule has 0 radical (unpaired) electrons. The van der Waals surface area contributed by atoms with E-state index in [9.17, 15) is 9.59 Å². The zero-order valence-corrected chi connectivity index (χ0v) is 16.7. The Morgan fingerprint density at radius 1 is 1.14 bits per heavy atom. The highest BCUT2D eigenvalue weighted by molar-refractivity contribution is 6.03. The highest BCUT2D eigenvalue weighted by Crippen LogP contribution is 2.34. The lowest BCUT2D eigenvalue weighted by atomic mass is 9.98. The number of amides is 2. The predicted octanol–water partition coefficient (Wildman–Crippen LogP) is 3.24. The SMILES string of the molecule is COc1cccc(C2=NN(C(=O)CN(C)C(=O)C3CC3)[C@@H](c3ccccc3)C2)c1. The van der Waals surface area contributed by atoms with Crippen LogP contribution in [-0.2, 0) is 9.59 Å². The molecule has 6 nitrogen and oxygen atoms in total. The van der Waals surface area contributed by atoms with Crippen molar-refractivity contribution >= 4 is 17.5 Å². The van der Waals surface area contributed by atoms with Gasteiger partial charge in [-0.05, 0) is 30.5 Å². The first-order valence-corrected chi connectivity index (χ1v) is 9.90. The summed E-state index contributed by atoms with van der Waals surface area (Å²) in [6.45, 7) is 0.0353. The van der Waals surface area contributed by atoms with Gasteiger partial charge in [0, 0.05) is 24.9 Å². The minimum absolute atomic E-state index is 0.0353. The van der Waals surface area contributed by atoms with E-state index in [1.54, 1.807) is 19.2 Å². The molecule has 0 N–H and O–H groups in total. The van der Waals surface area contributed by atoms with E-state index in [4.69, 9.17) is 4.74 Å². The van der Waals surface area contributed by atoms with Crippen LogP contribution in [0.2, 0.25) is 0 Å².